The second kappa shape index (κ2) is 9.16. The minimum Gasteiger partial charge on any atom is -0.446 e. The Balaban J connectivity index is 1.38. The molecule has 0 spiro atoms. The summed E-state index contributed by atoms with van der Waals surface area (Å²) in [6.07, 6.45) is 4.71. The molecule has 2 aliphatic rings. The van der Waals surface area contributed by atoms with Gasteiger partial charge in [-0.25, -0.2) is 4.79 Å². The molecule has 0 radical (unpaired) electrons. The first-order chi connectivity index (χ1) is 12.5. The molecule has 2 fully saturated rings. The molecule has 1 saturated heterocycles. The SMILES string of the molecule is NC(=O)OC1CCC(CCN2CCN(c3cccc(Cl)c3Cl)CC2)CC1. The molecule has 1 aromatic carbocycles. The molecule has 5 nitrogen and oxygen atoms in total. The Labute approximate surface area is 165 Å². The van der Waals surface area contributed by atoms with E-state index in [1.165, 1.54) is 6.42 Å². The molecule has 144 valence electrons. The van der Waals surface area contributed by atoms with Gasteiger partial charge < -0.3 is 15.4 Å². The van der Waals surface area contributed by atoms with Crippen LogP contribution in [0.15, 0.2) is 18.2 Å². The van der Waals surface area contributed by atoms with E-state index >= 15 is 0 Å². The lowest BCUT2D eigenvalue weighted by molar-refractivity contribution is 0.0679. The van der Waals surface area contributed by atoms with Crippen LogP contribution in [0.3, 0.4) is 0 Å². The van der Waals surface area contributed by atoms with Gasteiger partial charge in [0.2, 0.25) is 0 Å². The van der Waals surface area contributed by atoms with Gasteiger partial charge in [-0.05, 0) is 56.7 Å². The molecule has 0 unspecified atom stereocenters. The first-order valence-electron chi connectivity index (χ1n) is 9.40. The minimum atomic E-state index is -0.647. The van der Waals surface area contributed by atoms with Crippen molar-refractivity contribution in [1.82, 2.24) is 4.90 Å². The number of hydrogen-bond donors (Lipinski definition) is 1. The van der Waals surface area contributed by atoms with Gasteiger partial charge in [-0.15, -0.1) is 0 Å². The average molecular weight is 400 g/mol. The van der Waals surface area contributed by atoms with Crippen molar-refractivity contribution >= 4 is 35.0 Å². The maximum atomic E-state index is 10.8. The highest BCUT2D eigenvalue weighted by molar-refractivity contribution is 6.43. The van der Waals surface area contributed by atoms with Gasteiger partial charge >= 0.3 is 6.09 Å². The average Bonchev–Trinajstić information content (AvgIpc) is 2.63. The van der Waals surface area contributed by atoms with Gasteiger partial charge in [-0.2, -0.15) is 0 Å². The highest BCUT2D eigenvalue weighted by Gasteiger charge is 2.25. The van der Waals surface area contributed by atoms with Gasteiger partial charge in [-0.3, -0.25) is 4.90 Å². The lowest BCUT2D eigenvalue weighted by Crippen LogP contribution is -2.47. The van der Waals surface area contributed by atoms with Crippen molar-refractivity contribution in [3.8, 4) is 0 Å². The van der Waals surface area contributed by atoms with E-state index in [0.717, 1.165) is 70.0 Å². The normalized spacial score (nSPS) is 24.5. The highest BCUT2D eigenvalue weighted by Crippen LogP contribution is 2.33. The summed E-state index contributed by atoms with van der Waals surface area (Å²) in [5.74, 6) is 0.725. The van der Waals surface area contributed by atoms with Crippen LogP contribution in [-0.2, 0) is 4.74 Å². The quantitative estimate of drug-likeness (QED) is 0.807. The molecule has 2 N–H and O–H groups in total. The van der Waals surface area contributed by atoms with Gasteiger partial charge in [-0.1, -0.05) is 29.3 Å². The van der Waals surface area contributed by atoms with E-state index in [-0.39, 0.29) is 6.10 Å². The van der Waals surface area contributed by atoms with Crippen LogP contribution in [0, 0.1) is 5.92 Å². The summed E-state index contributed by atoms with van der Waals surface area (Å²) in [6, 6.07) is 5.82. The molecular weight excluding hydrogens is 373 g/mol. The number of rotatable bonds is 5. The Hall–Kier alpha value is -1.17. The molecule has 1 aliphatic carbocycles. The third-order valence-electron chi connectivity index (χ3n) is 5.57. The van der Waals surface area contributed by atoms with Crippen LogP contribution in [0.25, 0.3) is 0 Å². The number of nitrogens with two attached hydrogens (primary N) is 1. The molecule has 0 aromatic heterocycles. The van der Waals surface area contributed by atoms with Crippen LogP contribution >= 0.6 is 23.2 Å². The van der Waals surface area contributed by atoms with Crippen molar-refractivity contribution in [2.24, 2.45) is 11.7 Å². The van der Waals surface area contributed by atoms with E-state index in [1.54, 1.807) is 0 Å². The number of primary amides is 1. The molecule has 26 heavy (non-hydrogen) atoms. The monoisotopic (exact) mass is 399 g/mol. The van der Waals surface area contributed by atoms with Crippen LogP contribution in [0.4, 0.5) is 10.5 Å². The fourth-order valence-electron chi connectivity index (χ4n) is 4.02. The number of ether oxygens (including phenoxy) is 1. The molecule has 0 bridgehead atoms. The van der Waals surface area contributed by atoms with Crippen molar-refractivity contribution in [2.45, 2.75) is 38.2 Å². The zero-order valence-electron chi connectivity index (χ0n) is 15.0. The number of carbonyl (C=O) groups excluding carboxylic acids is 1. The van der Waals surface area contributed by atoms with Gasteiger partial charge in [0, 0.05) is 26.2 Å². The Kier molecular flexibility index (Phi) is 6.90. The fourth-order valence-corrected chi connectivity index (χ4v) is 4.43. The number of halogens is 2. The number of carbonyl (C=O) groups is 1. The van der Waals surface area contributed by atoms with Crippen LogP contribution in [0.5, 0.6) is 0 Å². The molecule has 1 aliphatic heterocycles. The van der Waals surface area contributed by atoms with Crippen LogP contribution in [-0.4, -0.2) is 49.8 Å². The molecule has 1 saturated carbocycles. The summed E-state index contributed by atoms with van der Waals surface area (Å²) in [5, 5.41) is 1.26. The van der Waals surface area contributed by atoms with Crippen molar-refractivity contribution in [1.29, 1.82) is 0 Å². The summed E-state index contributed by atoms with van der Waals surface area (Å²) in [5.41, 5.74) is 6.13. The summed E-state index contributed by atoms with van der Waals surface area (Å²) in [6.45, 7) is 5.16. The summed E-state index contributed by atoms with van der Waals surface area (Å²) >= 11 is 12.5. The van der Waals surface area contributed by atoms with Gasteiger partial charge in [0.05, 0.1) is 15.7 Å². The lowest BCUT2D eigenvalue weighted by Gasteiger charge is -2.37. The molecular formula is C19H27Cl2N3O2. The maximum absolute atomic E-state index is 10.8. The van der Waals surface area contributed by atoms with Crippen molar-refractivity contribution in [3.63, 3.8) is 0 Å². The van der Waals surface area contributed by atoms with E-state index in [4.69, 9.17) is 33.7 Å². The predicted octanol–water partition coefficient (Wildman–Crippen LogP) is 4.16. The van der Waals surface area contributed by atoms with Gasteiger partial charge in [0.25, 0.3) is 0 Å². The molecule has 1 heterocycles. The zero-order valence-corrected chi connectivity index (χ0v) is 16.5. The fraction of sp³-hybridized carbons (Fsp3) is 0.632. The summed E-state index contributed by atoms with van der Waals surface area (Å²) < 4.78 is 5.11. The number of nitrogens with zero attached hydrogens (tertiary/aromatic N) is 2. The van der Waals surface area contributed by atoms with E-state index in [2.05, 4.69) is 9.80 Å². The molecule has 0 atom stereocenters. The Morgan fingerprint density at radius 1 is 1.12 bits per heavy atom. The molecule has 7 heteroatoms. The molecule has 1 amide bonds. The number of anilines is 1. The van der Waals surface area contributed by atoms with E-state index < -0.39 is 6.09 Å². The van der Waals surface area contributed by atoms with Crippen molar-refractivity contribution in [3.05, 3.63) is 28.2 Å². The standard InChI is InChI=1S/C19H27Cl2N3O2/c20-16-2-1-3-17(18(16)21)24-12-10-23(11-13-24)9-8-14-4-6-15(7-5-14)26-19(22)25/h1-3,14-15H,4-13H2,(H2,22,25). The van der Waals surface area contributed by atoms with Crippen LogP contribution < -0.4 is 10.6 Å². The van der Waals surface area contributed by atoms with Gasteiger partial charge in [0.15, 0.2) is 0 Å². The number of piperazine rings is 1. The summed E-state index contributed by atoms with van der Waals surface area (Å²) in [4.78, 5) is 15.7. The minimum absolute atomic E-state index is 0.0229. The Morgan fingerprint density at radius 3 is 2.46 bits per heavy atom. The largest absolute Gasteiger partial charge is 0.446 e. The smallest absolute Gasteiger partial charge is 0.404 e. The first kappa shape index (κ1) is 19.6. The third-order valence-corrected chi connectivity index (χ3v) is 6.38. The first-order valence-corrected chi connectivity index (χ1v) is 10.2. The topological polar surface area (TPSA) is 58.8 Å². The van der Waals surface area contributed by atoms with Crippen LogP contribution in [0.1, 0.15) is 32.1 Å². The number of amides is 1. The molecule has 1 aromatic rings. The van der Waals surface area contributed by atoms with Crippen molar-refractivity contribution < 1.29 is 9.53 Å². The van der Waals surface area contributed by atoms with Crippen molar-refractivity contribution in [2.75, 3.05) is 37.6 Å². The summed E-state index contributed by atoms with van der Waals surface area (Å²) in [7, 11) is 0. The maximum Gasteiger partial charge on any atom is 0.404 e. The third kappa shape index (κ3) is 5.18. The lowest BCUT2D eigenvalue weighted by atomic mass is 9.85. The number of benzene rings is 1. The van der Waals surface area contributed by atoms with Gasteiger partial charge in [0.1, 0.15) is 6.10 Å². The second-order valence-corrected chi connectivity index (χ2v) is 8.06. The zero-order chi connectivity index (χ0) is 18.5. The highest BCUT2D eigenvalue weighted by atomic mass is 35.5. The molecule has 3 rings (SSSR count). The second-order valence-electron chi connectivity index (χ2n) is 7.27. The predicted molar refractivity (Wildman–Crippen MR) is 106 cm³/mol. The van der Waals surface area contributed by atoms with Crippen LogP contribution in [0.2, 0.25) is 10.0 Å². The van der Waals surface area contributed by atoms with E-state index in [9.17, 15) is 4.79 Å². The van der Waals surface area contributed by atoms with E-state index in [0.29, 0.717) is 10.0 Å². The number of hydrogen-bond acceptors (Lipinski definition) is 4. The Morgan fingerprint density at radius 2 is 1.81 bits per heavy atom. The van der Waals surface area contributed by atoms with E-state index in [1.807, 2.05) is 18.2 Å². The Bertz CT molecular complexity index is 613.